The highest BCUT2D eigenvalue weighted by atomic mass is 127. The van der Waals surface area contributed by atoms with E-state index >= 15 is 0 Å². The minimum absolute atomic E-state index is 0.113. The van der Waals surface area contributed by atoms with Gasteiger partial charge < -0.3 is 10.2 Å². The number of nitrogens with one attached hydrogen (secondary N) is 1. The molecule has 35 heavy (non-hydrogen) atoms. The Morgan fingerprint density at radius 2 is 1.94 bits per heavy atom. The first-order valence-corrected chi connectivity index (χ1v) is 13.6. The quantitative estimate of drug-likeness (QED) is 0.249. The highest BCUT2D eigenvalue weighted by Crippen LogP contribution is 2.34. The third-order valence-corrected chi connectivity index (χ3v) is 8.24. The lowest BCUT2D eigenvalue weighted by Crippen LogP contribution is -2.53. The van der Waals surface area contributed by atoms with Crippen LogP contribution in [0.5, 0.6) is 0 Å². The Labute approximate surface area is 219 Å². The maximum absolute atomic E-state index is 14.5. The lowest BCUT2D eigenvalue weighted by Gasteiger charge is -2.41. The van der Waals surface area contributed by atoms with Gasteiger partial charge in [-0.2, -0.15) is 5.10 Å². The minimum atomic E-state index is -0.305. The second-order valence-electron chi connectivity index (χ2n) is 9.76. The van der Waals surface area contributed by atoms with Gasteiger partial charge in [0.1, 0.15) is 5.82 Å². The van der Waals surface area contributed by atoms with Crippen LogP contribution in [0.4, 0.5) is 10.1 Å². The summed E-state index contributed by atoms with van der Waals surface area (Å²) in [6.07, 6.45) is 5.93. The van der Waals surface area contributed by atoms with Gasteiger partial charge in [-0.3, -0.25) is 14.4 Å². The Hall–Kier alpha value is -2.46. The molecular formula is C27H31FIN5O. The van der Waals surface area contributed by atoms with E-state index in [1.165, 1.54) is 18.9 Å². The maximum atomic E-state index is 14.5. The molecule has 3 aromatic rings. The van der Waals surface area contributed by atoms with Crippen LogP contribution in [0.25, 0.3) is 11.1 Å². The van der Waals surface area contributed by atoms with Crippen LogP contribution in [0.15, 0.2) is 48.8 Å². The van der Waals surface area contributed by atoms with Crippen molar-refractivity contribution in [2.45, 2.75) is 44.8 Å². The standard InChI is InChI=1S/C27H31FIN5O/c1-17-4-6-21(33-14-22-7-8-23(15-33)34(22)16-29)11-24(17)27(35)31-18(2)19-5-9-26(28)25(10-19)20-12-30-32(3)13-20/h4-6,9-13,18,22-23H,7-8,14-16H2,1-3H3,(H,31,35)/t18-,22-,23+/m1/s1. The largest absolute Gasteiger partial charge is 0.368 e. The fraction of sp³-hybridized carbons (Fsp3) is 0.407. The van der Waals surface area contributed by atoms with Crippen molar-refractivity contribution in [3.63, 3.8) is 0 Å². The monoisotopic (exact) mass is 587 g/mol. The van der Waals surface area contributed by atoms with Crippen LogP contribution in [0.2, 0.25) is 0 Å². The molecule has 0 radical (unpaired) electrons. The van der Waals surface area contributed by atoms with E-state index < -0.39 is 0 Å². The maximum Gasteiger partial charge on any atom is 0.252 e. The first-order chi connectivity index (χ1) is 16.8. The van der Waals surface area contributed by atoms with Crippen molar-refractivity contribution >= 4 is 34.2 Å². The second-order valence-corrected chi connectivity index (χ2v) is 10.4. The van der Waals surface area contributed by atoms with E-state index in [4.69, 9.17) is 0 Å². The zero-order chi connectivity index (χ0) is 24.7. The molecule has 3 heterocycles. The van der Waals surface area contributed by atoms with E-state index in [2.05, 4.69) is 48.9 Å². The molecular weight excluding hydrogens is 556 g/mol. The summed E-state index contributed by atoms with van der Waals surface area (Å²) >= 11 is 2.47. The Kier molecular flexibility index (Phi) is 6.85. The fourth-order valence-electron chi connectivity index (χ4n) is 5.40. The second kappa shape index (κ2) is 9.89. The fourth-order valence-corrected chi connectivity index (χ4v) is 6.51. The van der Waals surface area contributed by atoms with Crippen molar-refractivity contribution in [3.05, 3.63) is 71.3 Å². The first kappa shape index (κ1) is 24.2. The van der Waals surface area contributed by atoms with Crippen LogP contribution in [-0.4, -0.2) is 50.3 Å². The van der Waals surface area contributed by atoms with Gasteiger partial charge in [0.05, 0.1) is 16.8 Å². The van der Waals surface area contributed by atoms with Gasteiger partial charge in [0.2, 0.25) is 0 Å². The zero-order valence-corrected chi connectivity index (χ0v) is 22.5. The van der Waals surface area contributed by atoms with Crippen molar-refractivity contribution < 1.29 is 9.18 Å². The molecule has 3 atom stereocenters. The van der Waals surface area contributed by atoms with Crippen LogP contribution in [0.3, 0.4) is 0 Å². The van der Waals surface area contributed by atoms with Gasteiger partial charge in [-0.05, 0) is 62.1 Å². The molecule has 2 saturated heterocycles. The van der Waals surface area contributed by atoms with Crippen LogP contribution in [0.1, 0.15) is 47.3 Å². The molecule has 8 heteroatoms. The van der Waals surface area contributed by atoms with Gasteiger partial charge in [-0.1, -0.05) is 34.7 Å². The molecule has 184 valence electrons. The molecule has 1 N–H and O–H groups in total. The normalized spacial score (nSPS) is 20.8. The summed E-state index contributed by atoms with van der Waals surface area (Å²) in [5.74, 6) is -0.418. The third kappa shape index (κ3) is 4.82. The number of piperazine rings is 1. The number of nitrogens with zero attached hydrogens (tertiary/aromatic N) is 4. The molecule has 2 bridgehead atoms. The number of fused-ring (bicyclic) bond motifs is 2. The van der Waals surface area contributed by atoms with Crippen LogP contribution in [-0.2, 0) is 7.05 Å². The van der Waals surface area contributed by atoms with Gasteiger partial charge in [0.15, 0.2) is 0 Å². The number of aryl methyl sites for hydroxylation is 2. The Bertz CT molecular complexity index is 1230. The Morgan fingerprint density at radius 3 is 2.60 bits per heavy atom. The highest BCUT2D eigenvalue weighted by molar-refractivity contribution is 14.1. The number of anilines is 1. The molecule has 2 aliphatic rings. The summed E-state index contributed by atoms with van der Waals surface area (Å²) in [4.78, 5) is 18.4. The van der Waals surface area contributed by atoms with Crippen molar-refractivity contribution in [1.82, 2.24) is 20.0 Å². The van der Waals surface area contributed by atoms with E-state index in [9.17, 15) is 9.18 Å². The molecule has 2 aromatic carbocycles. The first-order valence-electron chi connectivity index (χ1n) is 12.1. The molecule has 0 saturated carbocycles. The lowest BCUT2D eigenvalue weighted by molar-refractivity contribution is 0.0939. The summed E-state index contributed by atoms with van der Waals surface area (Å²) in [7, 11) is 1.80. The van der Waals surface area contributed by atoms with Gasteiger partial charge in [0.25, 0.3) is 5.91 Å². The number of amides is 1. The van der Waals surface area contributed by atoms with E-state index in [-0.39, 0.29) is 17.8 Å². The SMILES string of the molecule is Cc1ccc(N2C[C@H]3CC[C@@H](C2)N3CI)cc1C(=O)N[C@H](C)c1ccc(F)c(-c2cnn(C)c2)c1. The number of hydrogen-bond acceptors (Lipinski definition) is 4. The number of carbonyl (C=O) groups excluding carboxylic acids is 1. The molecule has 2 aliphatic heterocycles. The Morgan fingerprint density at radius 1 is 1.20 bits per heavy atom. The van der Waals surface area contributed by atoms with Gasteiger partial charge >= 0.3 is 0 Å². The summed E-state index contributed by atoms with van der Waals surface area (Å²) in [5.41, 5.74) is 4.79. The van der Waals surface area contributed by atoms with Crippen LogP contribution < -0.4 is 10.2 Å². The van der Waals surface area contributed by atoms with Crippen molar-refractivity contribution in [3.8, 4) is 11.1 Å². The molecule has 1 amide bonds. The molecule has 0 aliphatic carbocycles. The number of rotatable bonds is 6. The van der Waals surface area contributed by atoms with E-state index in [1.807, 2.05) is 26.0 Å². The van der Waals surface area contributed by atoms with Crippen molar-refractivity contribution in [2.75, 3.05) is 22.5 Å². The average Bonchev–Trinajstić information content (AvgIpc) is 3.38. The van der Waals surface area contributed by atoms with Crippen molar-refractivity contribution in [1.29, 1.82) is 0 Å². The predicted molar refractivity (Wildman–Crippen MR) is 145 cm³/mol. The number of benzene rings is 2. The third-order valence-electron chi connectivity index (χ3n) is 7.46. The number of halogens is 2. The molecule has 6 nitrogen and oxygen atoms in total. The van der Waals surface area contributed by atoms with E-state index in [1.54, 1.807) is 36.3 Å². The lowest BCUT2D eigenvalue weighted by atomic mass is 10.0. The van der Waals surface area contributed by atoms with E-state index in [0.717, 1.165) is 34.5 Å². The molecule has 5 rings (SSSR count). The molecule has 0 spiro atoms. The molecule has 1 aromatic heterocycles. The summed E-state index contributed by atoms with van der Waals surface area (Å²) in [5, 5.41) is 7.27. The van der Waals surface area contributed by atoms with Gasteiger partial charge in [0, 0.05) is 60.8 Å². The number of carbonyl (C=O) groups is 1. The summed E-state index contributed by atoms with van der Waals surface area (Å²) < 4.78 is 17.2. The number of hydrogen-bond donors (Lipinski definition) is 1. The summed E-state index contributed by atoms with van der Waals surface area (Å²) in [6.45, 7) is 5.91. The smallest absolute Gasteiger partial charge is 0.252 e. The van der Waals surface area contributed by atoms with Crippen molar-refractivity contribution in [2.24, 2.45) is 7.05 Å². The zero-order valence-electron chi connectivity index (χ0n) is 20.3. The van der Waals surface area contributed by atoms with Gasteiger partial charge in [-0.15, -0.1) is 0 Å². The highest BCUT2D eigenvalue weighted by Gasteiger charge is 2.39. The number of alkyl halides is 1. The average molecular weight is 587 g/mol. The van der Waals surface area contributed by atoms with E-state index in [0.29, 0.717) is 28.8 Å². The summed E-state index contributed by atoms with van der Waals surface area (Å²) in [6, 6.07) is 12.1. The predicted octanol–water partition coefficient (Wildman–Crippen LogP) is 5.07. The van der Waals surface area contributed by atoms with Crippen LogP contribution in [0, 0.1) is 12.7 Å². The molecule has 0 unspecified atom stereocenters. The molecule has 2 fully saturated rings. The Balaban J connectivity index is 1.33. The topological polar surface area (TPSA) is 53.4 Å². The minimum Gasteiger partial charge on any atom is -0.368 e. The number of aromatic nitrogens is 2. The van der Waals surface area contributed by atoms with Gasteiger partial charge in [-0.25, -0.2) is 4.39 Å². The van der Waals surface area contributed by atoms with Crippen LogP contribution >= 0.6 is 22.6 Å².